The van der Waals surface area contributed by atoms with Gasteiger partial charge in [0.2, 0.25) is 5.82 Å². The third-order valence-corrected chi connectivity index (χ3v) is 8.34. The first-order valence-corrected chi connectivity index (χ1v) is 13.8. The summed E-state index contributed by atoms with van der Waals surface area (Å²) in [6.45, 7) is 5.44. The van der Waals surface area contributed by atoms with E-state index in [-0.39, 0.29) is 11.1 Å². The van der Waals surface area contributed by atoms with E-state index in [2.05, 4.69) is 13.8 Å². The highest BCUT2D eigenvalue weighted by molar-refractivity contribution is 5.86. The van der Waals surface area contributed by atoms with Crippen molar-refractivity contribution in [2.24, 2.45) is 23.7 Å². The molecule has 0 saturated heterocycles. The second-order valence-corrected chi connectivity index (χ2v) is 10.7. The Labute approximate surface area is 204 Å². The van der Waals surface area contributed by atoms with Crippen LogP contribution < -0.4 is 9.47 Å². The number of hydrogen-bond donors (Lipinski definition) is 0. The Morgan fingerprint density at radius 2 is 1.44 bits per heavy atom. The maximum absolute atomic E-state index is 14.8. The molecule has 34 heavy (non-hydrogen) atoms. The van der Waals surface area contributed by atoms with Gasteiger partial charge in [-0.1, -0.05) is 52.0 Å². The second-order valence-electron chi connectivity index (χ2n) is 10.7. The molecule has 0 spiro atoms. The number of rotatable bonds is 10. The van der Waals surface area contributed by atoms with Crippen molar-refractivity contribution < 1.29 is 18.3 Å². The molecule has 2 aromatic carbocycles. The third kappa shape index (κ3) is 6.23. The first-order chi connectivity index (χ1) is 16.6. The lowest BCUT2D eigenvalue weighted by Gasteiger charge is -2.37. The summed E-state index contributed by atoms with van der Waals surface area (Å²) in [5, 5.41) is 0.882. The monoisotopic (exact) mass is 472 g/mol. The summed E-state index contributed by atoms with van der Waals surface area (Å²) >= 11 is 0. The molecule has 0 unspecified atom stereocenters. The molecule has 2 saturated carbocycles. The predicted molar refractivity (Wildman–Crippen MR) is 136 cm³/mol. The van der Waals surface area contributed by atoms with E-state index in [0.29, 0.717) is 30.3 Å². The Hall–Kier alpha value is -1.84. The topological polar surface area (TPSA) is 18.5 Å². The molecule has 4 heteroatoms. The average molecular weight is 473 g/mol. The van der Waals surface area contributed by atoms with Crippen LogP contribution in [0.15, 0.2) is 24.3 Å². The van der Waals surface area contributed by atoms with Gasteiger partial charge < -0.3 is 9.47 Å². The van der Waals surface area contributed by atoms with Crippen molar-refractivity contribution in [1.82, 2.24) is 0 Å². The first kappa shape index (κ1) is 25.3. The normalized spacial score (nSPS) is 25.4. The summed E-state index contributed by atoms with van der Waals surface area (Å²) in [5.41, 5.74) is 0. The van der Waals surface area contributed by atoms with Gasteiger partial charge in [0.05, 0.1) is 13.2 Å². The Bertz CT molecular complexity index is 912. The van der Waals surface area contributed by atoms with Crippen molar-refractivity contribution in [3.63, 3.8) is 0 Å². The number of hydrogen-bond acceptors (Lipinski definition) is 2. The zero-order valence-corrected chi connectivity index (χ0v) is 21.1. The third-order valence-electron chi connectivity index (χ3n) is 8.34. The van der Waals surface area contributed by atoms with Crippen LogP contribution in [0.2, 0.25) is 0 Å². The van der Waals surface area contributed by atoms with Crippen LogP contribution in [0.5, 0.6) is 11.5 Å². The van der Waals surface area contributed by atoms with Crippen LogP contribution in [-0.2, 0) is 0 Å². The Kier molecular flexibility index (Phi) is 9.08. The number of fused-ring (bicyclic) bond motifs is 1. The molecule has 0 aromatic heterocycles. The molecule has 2 aliphatic carbocycles. The molecule has 0 heterocycles. The molecule has 0 N–H and O–H groups in total. The average Bonchev–Trinajstić information content (AvgIpc) is 2.87. The van der Waals surface area contributed by atoms with E-state index in [1.165, 1.54) is 51.4 Å². The van der Waals surface area contributed by atoms with Crippen LogP contribution in [0.25, 0.3) is 10.8 Å². The number of unbranched alkanes of at least 4 members (excludes halogenated alkanes) is 1. The lowest BCUT2D eigenvalue weighted by Crippen LogP contribution is -2.27. The summed E-state index contributed by atoms with van der Waals surface area (Å²) < 4.78 is 41.1. The van der Waals surface area contributed by atoms with Crippen LogP contribution >= 0.6 is 0 Å². The molecule has 0 amide bonds. The van der Waals surface area contributed by atoms with Gasteiger partial charge in [-0.2, -0.15) is 4.39 Å². The fraction of sp³-hybridized carbons (Fsp3) is 0.667. The van der Waals surface area contributed by atoms with Crippen LogP contribution in [0.1, 0.15) is 90.9 Å². The zero-order chi connectivity index (χ0) is 23.9. The molecule has 0 radical (unpaired) electrons. The quantitative estimate of drug-likeness (QED) is 0.321. The molecule has 2 fully saturated rings. The van der Waals surface area contributed by atoms with Crippen LogP contribution in [-0.4, -0.2) is 13.2 Å². The minimum atomic E-state index is -0.893. The highest BCUT2D eigenvalue weighted by atomic mass is 19.2. The van der Waals surface area contributed by atoms with E-state index in [4.69, 9.17) is 9.47 Å². The molecule has 2 nitrogen and oxygen atoms in total. The van der Waals surface area contributed by atoms with Crippen molar-refractivity contribution in [1.29, 1.82) is 0 Å². The van der Waals surface area contributed by atoms with Gasteiger partial charge in [-0.25, -0.2) is 4.39 Å². The SMILES string of the molecule is CCCCOc1ccc2cc(OCC3CCC(C4CCC(CCC)CC4)CC3)c(F)c(F)c2c1. The van der Waals surface area contributed by atoms with E-state index >= 15 is 0 Å². The smallest absolute Gasteiger partial charge is 0.201 e. The minimum absolute atomic E-state index is 0.0287. The molecular formula is C30H42F2O2. The van der Waals surface area contributed by atoms with E-state index in [1.807, 2.05) is 6.07 Å². The van der Waals surface area contributed by atoms with E-state index in [0.717, 1.165) is 43.4 Å². The van der Waals surface area contributed by atoms with Gasteiger partial charge in [0.25, 0.3) is 0 Å². The summed E-state index contributed by atoms with van der Waals surface area (Å²) in [5.74, 6) is 2.00. The van der Waals surface area contributed by atoms with Crippen LogP contribution in [0.3, 0.4) is 0 Å². The standard InChI is InChI=1S/C30H42F2O2/c1-3-5-17-33-26-16-15-25-18-28(30(32)29(31)27(25)19-26)34-20-22-9-13-24(14-10-22)23-11-7-21(6-4-2)8-12-23/h15-16,18-19,21-24H,3-14,17,20H2,1-2H3. The van der Waals surface area contributed by atoms with Crippen molar-refractivity contribution in [2.45, 2.75) is 90.9 Å². The molecule has 4 rings (SSSR count). The highest BCUT2D eigenvalue weighted by Crippen LogP contribution is 2.42. The maximum Gasteiger partial charge on any atom is 0.201 e. The van der Waals surface area contributed by atoms with Gasteiger partial charge in [0.15, 0.2) is 11.6 Å². The van der Waals surface area contributed by atoms with E-state index < -0.39 is 11.6 Å². The largest absolute Gasteiger partial charge is 0.494 e. The summed E-state index contributed by atoms with van der Waals surface area (Å²) in [6.07, 6.45) is 15.1. The predicted octanol–water partition coefficient (Wildman–Crippen LogP) is 9.09. The van der Waals surface area contributed by atoms with Crippen molar-refractivity contribution >= 4 is 10.8 Å². The zero-order valence-electron chi connectivity index (χ0n) is 21.1. The maximum atomic E-state index is 14.8. The number of halogens is 2. The Morgan fingerprint density at radius 3 is 2.09 bits per heavy atom. The Morgan fingerprint density at radius 1 is 0.765 bits per heavy atom. The molecule has 2 aromatic rings. The van der Waals surface area contributed by atoms with Gasteiger partial charge in [-0.15, -0.1) is 0 Å². The van der Waals surface area contributed by atoms with Gasteiger partial charge >= 0.3 is 0 Å². The summed E-state index contributed by atoms with van der Waals surface area (Å²) in [4.78, 5) is 0. The molecule has 0 bridgehead atoms. The molecule has 2 aliphatic rings. The van der Waals surface area contributed by atoms with Gasteiger partial charge in [0, 0.05) is 5.39 Å². The first-order valence-electron chi connectivity index (χ1n) is 13.8. The van der Waals surface area contributed by atoms with Crippen LogP contribution in [0.4, 0.5) is 8.78 Å². The molecule has 0 aliphatic heterocycles. The summed E-state index contributed by atoms with van der Waals surface area (Å²) in [7, 11) is 0. The van der Waals surface area contributed by atoms with Crippen molar-refractivity contribution in [3.05, 3.63) is 35.9 Å². The highest BCUT2D eigenvalue weighted by Gasteiger charge is 2.31. The van der Waals surface area contributed by atoms with Crippen molar-refractivity contribution in [2.75, 3.05) is 13.2 Å². The fourth-order valence-electron chi connectivity index (χ4n) is 6.20. The van der Waals surface area contributed by atoms with Crippen LogP contribution in [0, 0.1) is 35.3 Å². The van der Waals surface area contributed by atoms with Crippen molar-refractivity contribution in [3.8, 4) is 11.5 Å². The molecule has 188 valence electrons. The number of ether oxygens (including phenoxy) is 2. The minimum Gasteiger partial charge on any atom is -0.494 e. The van der Waals surface area contributed by atoms with Gasteiger partial charge in [-0.05, 0) is 92.2 Å². The second kappa shape index (κ2) is 12.2. The Balaban J connectivity index is 1.29. The lowest BCUT2D eigenvalue weighted by atomic mass is 9.69. The van der Waals surface area contributed by atoms with E-state index in [9.17, 15) is 8.78 Å². The van der Waals surface area contributed by atoms with Gasteiger partial charge in [-0.3, -0.25) is 0 Å². The molecular weight excluding hydrogens is 430 g/mol. The molecule has 0 atom stereocenters. The van der Waals surface area contributed by atoms with E-state index in [1.54, 1.807) is 18.2 Å². The fourth-order valence-corrected chi connectivity index (χ4v) is 6.20. The lowest BCUT2D eigenvalue weighted by molar-refractivity contribution is 0.120. The number of benzene rings is 2. The van der Waals surface area contributed by atoms with Gasteiger partial charge in [0.1, 0.15) is 5.75 Å². The summed E-state index contributed by atoms with van der Waals surface area (Å²) in [6, 6.07) is 6.82.